The van der Waals surface area contributed by atoms with Crippen molar-refractivity contribution >= 4 is 28.7 Å². The van der Waals surface area contributed by atoms with Crippen LogP contribution in [0.15, 0.2) is 48.5 Å². The number of rotatable bonds is 2. The Morgan fingerprint density at radius 3 is 2.44 bits per heavy atom. The molecule has 3 heteroatoms. The SMILES string of the molecule is CN(c1ccccc1)c1cc(Cl)ccc1N. The summed E-state index contributed by atoms with van der Waals surface area (Å²) in [6.45, 7) is 0. The van der Waals surface area contributed by atoms with Gasteiger partial charge < -0.3 is 10.6 Å². The molecule has 0 bridgehead atoms. The first-order chi connectivity index (χ1) is 7.68. The average molecular weight is 233 g/mol. The van der Waals surface area contributed by atoms with Crippen LogP contribution >= 0.6 is 11.6 Å². The maximum atomic E-state index is 5.97. The fraction of sp³-hybridized carbons (Fsp3) is 0.0769. The van der Waals surface area contributed by atoms with E-state index in [0.717, 1.165) is 17.1 Å². The molecule has 2 rings (SSSR count). The zero-order chi connectivity index (χ0) is 11.5. The highest BCUT2D eigenvalue weighted by Gasteiger charge is 2.07. The molecular formula is C13H13ClN2. The molecule has 0 fully saturated rings. The van der Waals surface area contributed by atoms with Gasteiger partial charge in [0.1, 0.15) is 0 Å². The van der Waals surface area contributed by atoms with Gasteiger partial charge in [0.25, 0.3) is 0 Å². The second-order valence-corrected chi connectivity index (χ2v) is 4.03. The first kappa shape index (κ1) is 10.8. The highest BCUT2D eigenvalue weighted by Crippen LogP contribution is 2.30. The van der Waals surface area contributed by atoms with Gasteiger partial charge in [0.15, 0.2) is 0 Å². The van der Waals surface area contributed by atoms with Crippen LogP contribution in [0.25, 0.3) is 0 Å². The van der Waals surface area contributed by atoms with Crippen LogP contribution in [0, 0.1) is 0 Å². The predicted octanol–water partition coefficient (Wildman–Crippen LogP) is 3.69. The van der Waals surface area contributed by atoms with Gasteiger partial charge in [0.2, 0.25) is 0 Å². The Morgan fingerprint density at radius 1 is 1.06 bits per heavy atom. The van der Waals surface area contributed by atoms with Gasteiger partial charge in [0, 0.05) is 17.8 Å². The van der Waals surface area contributed by atoms with E-state index in [4.69, 9.17) is 17.3 Å². The molecule has 0 amide bonds. The maximum absolute atomic E-state index is 5.97. The number of para-hydroxylation sites is 1. The second kappa shape index (κ2) is 4.45. The van der Waals surface area contributed by atoms with Crippen molar-refractivity contribution in [1.82, 2.24) is 0 Å². The summed E-state index contributed by atoms with van der Waals surface area (Å²) in [5.74, 6) is 0. The number of nitrogens with two attached hydrogens (primary N) is 1. The standard InChI is InChI=1S/C13H13ClN2/c1-16(11-5-3-2-4-6-11)13-9-10(14)7-8-12(13)15/h2-9H,15H2,1H3. The molecule has 0 atom stereocenters. The molecule has 0 radical (unpaired) electrons. The van der Waals surface area contributed by atoms with Crippen LogP contribution in [0.5, 0.6) is 0 Å². The van der Waals surface area contributed by atoms with Crippen molar-refractivity contribution in [3.63, 3.8) is 0 Å². The van der Waals surface area contributed by atoms with Crippen molar-refractivity contribution < 1.29 is 0 Å². The average Bonchev–Trinajstić information content (AvgIpc) is 2.32. The quantitative estimate of drug-likeness (QED) is 0.801. The van der Waals surface area contributed by atoms with Gasteiger partial charge in [-0.2, -0.15) is 0 Å². The fourth-order valence-electron chi connectivity index (χ4n) is 1.60. The normalized spacial score (nSPS) is 10.1. The smallest absolute Gasteiger partial charge is 0.0656 e. The monoisotopic (exact) mass is 232 g/mol. The summed E-state index contributed by atoms with van der Waals surface area (Å²) in [5, 5.41) is 0.687. The fourth-order valence-corrected chi connectivity index (χ4v) is 1.76. The van der Waals surface area contributed by atoms with Crippen LogP contribution in [0.4, 0.5) is 17.1 Å². The molecule has 2 N–H and O–H groups in total. The molecule has 2 aromatic rings. The topological polar surface area (TPSA) is 29.3 Å². The molecule has 0 aromatic heterocycles. The summed E-state index contributed by atoms with van der Waals surface area (Å²) in [6, 6.07) is 15.5. The molecule has 82 valence electrons. The van der Waals surface area contributed by atoms with E-state index in [2.05, 4.69) is 0 Å². The lowest BCUT2D eigenvalue weighted by molar-refractivity contribution is 1.21. The number of hydrogen-bond acceptors (Lipinski definition) is 2. The van der Waals surface area contributed by atoms with Crippen LogP contribution in [0.2, 0.25) is 5.02 Å². The summed E-state index contributed by atoms with van der Waals surface area (Å²) < 4.78 is 0. The van der Waals surface area contributed by atoms with Gasteiger partial charge in [-0.05, 0) is 30.3 Å². The largest absolute Gasteiger partial charge is 0.397 e. The molecule has 0 aliphatic rings. The lowest BCUT2D eigenvalue weighted by Crippen LogP contribution is -2.11. The zero-order valence-electron chi connectivity index (χ0n) is 9.02. The van der Waals surface area contributed by atoms with Gasteiger partial charge in [-0.15, -0.1) is 0 Å². The van der Waals surface area contributed by atoms with Crippen LogP contribution in [-0.4, -0.2) is 7.05 Å². The first-order valence-electron chi connectivity index (χ1n) is 5.02. The van der Waals surface area contributed by atoms with Crippen molar-refractivity contribution in [2.75, 3.05) is 17.7 Å². The minimum absolute atomic E-state index is 0.687. The minimum atomic E-state index is 0.687. The summed E-state index contributed by atoms with van der Waals surface area (Å²) in [5.41, 5.74) is 8.64. The summed E-state index contributed by atoms with van der Waals surface area (Å²) in [4.78, 5) is 2.02. The van der Waals surface area contributed by atoms with Crippen LogP contribution < -0.4 is 10.6 Å². The number of nitrogen functional groups attached to an aromatic ring is 1. The lowest BCUT2D eigenvalue weighted by atomic mass is 10.2. The Labute approximate surface area is 100 Å². The second-order valence-electron chi connectivity index (χ2n) is 3.60. The molecule has 16 heavy (non-hydrogen) atoms. The van der Waals surface area contributed by atoms with Crippen molar-refractivity contribution in [1.29, 1.82) is 0 Å². The zero-order valence-corrected chi connectivity index (χ0v) is 9.78. The van der Waals surface area contributed by atoms with E-state index in [1.165, 1.54) is 0 Å². The molecule has 0 aliphatic carbocycles. The van der Waals surface area contributed by atoms with Crippen molar-refractivity contribution in [2.45, 2.75) is 0 Å². The number of hydrogen-bond donors (Lipinski definition) is 1. The van der Waals surface area contributed by atoms with Crippen LogP contribution in [-0.2, 0) is 0 Å². The van der Waals surface area contributed by atoms with Gasteiger partial charge in [-0.25, -0.2) is 0 Å². The third kappa shape index (κ3) is 2.12. The molecular weight excluding hydrogens is 220 g/mol. The highest BCUT2D eigenvalue weighted by atomic mass is 35.5. The van der Waals surface area contributed by atoms with Crippen LogP contribution in [0.3, 0.4) is 0 Å². The van der Waals surface area contributed by atoms with Crippen molar-refractivity contribution in [3.05, 3.63) is 53.6 Å². The Kier molecular flexibility index (Phi) is 3.02. The Bertz CT molecular complexity index is 483. The van der Waals surface area contributed by atoms with Crippen LogP contribution in [0.1, 0.15) is 0 Å². The minimum Gasteiger partial charge on any atom is -0.397 e. The van der Waals surface area contributed by atoms with Gasteiger partial charge in [-0.1, -0.05) is 29.8 Å². The Morgan fingerprint density at radius 2 is 1.75 bits per heavy atom. The third-order valence-corrected chi connectivity index (χ3v) is 2.73. The number of benzene rings is 2. The summed E-state index contributed by atoms with van der Waals surface area (Å²) in [7, 11) is 1.97. The predicted molar refractivity (Wildman–Crippen MR) is 70.4 cm³/mol. The molecule has 0 saturated heterocycles. The number of anilines is 3. The van der Waals surface area contributed by atoms with E-state index in [1.54, 1.807) is 6.07 Å². The van der Waals surface area contributed by atoms with E-state index < -0.39 is 0 Å². The molecule has 0 aliphatic heterocycles. The van der Waals surface area contributed by atoms with Crippen molar-refractivity contribution in [3.8, 4) is 0 Å². The van der Waals surface area contributed by atoms with Gasteiger partial charge >= 0.3 is 0 Å². The molecule has 0 spiro atoms. The summed E-state index contributed by atoms with van der Waals surface area (Å²) >= 11 is 5.97. The highest BCUT2D eigenvalue weighted by molar-refractivity contribution is 6.31. The molecule has 2 aromatic carbocycles. The van der Waals surface area contributed by atoms with E-state index in [1.807, 2.05) is 54.4 Å². The number of halogens is 1. The third-order valence-electron chi connectivity index (χ3n) is 2.50. The lowest BCUT2D eigenvalue weighted by Gasteiger charge is -2.21. The first-order valence-corrected chi connectivity index (χ1v) is 5.40. The van der Waals surface area contributed by atoms with Gasteiger partial charge in [-0.3, -0.25) is 0 Å². The number of nitrogens with zero attached hydrogens (tertiary/aromatic N) is 1. The molecule has 0 saturated carbocycles. The Balaban J connectivity index is 2.41. The molecule has 0 unspecified atom stereocenters. The van der Waals surface area contributed by atoms with Gasteiger partial charge in [0.05, 0.1) is 11.4 Å². The van der Waals surface area contributed by atoms with E-state index in [9.17, 15) is 0 Å². The molecule has 0 heterocycles. The van der Waals surface area contributed by atoms with E-state index >= 15 is 0 Å². The van der Waals surface area contributed by atoms with Crippen molar-refractivity contribution in [2.24, 2.45) is 0 Å². The Hall–Kier alpha value is -1.67. The molecule has 2 nitrogen and oxygen atoms in total. The van der Waals surface area contributed by atoms with E-state index in [0.29, 0.717) is 5.02 Å². The van der Waals surface area contributed by atoms with E-state index in [-0.39, 0.29) is 0 Å². The summed E-state index contributed by atoms with van der Waals surface area (Å²) in [6.07, 6.45) is 0. The maximum Gasteiger partial charge on any atom is 0.0656 e.